The van der Waals surface area contributed by atoms with Crippen LogP contribution in [0.15, 0.2) is 48.5 Å². The standard InChI is InChI=1S/C15H9FN4O3S/c16-11-6-4-9(5-7-11)14-18-19-15(24-14)17-13(21)10-2-1-3-12(8-10)20(22)23/h1-8H,(H,17,19,21). The number of non-ortho nitro benzene ring substituents is 1. The monoisotopic (exact) mass is 344 g/mol. The highest BCUT2D eigenvalue weighted by Crippen LogP contribution is 2.26. The van der Waals surface area contributed by atoms with E-state index in [1.165, 1.54) is 36.4 Å². The molecular formula is C15H9FN4O3S. The molecule has 0 saturated carbocycles. The molecule has 3 aromatic rings. The average Bonchev–Trinajstić information content (AvgIpc) is 3.04. The Hall–Kier alpha value is -3.20. The van der Waals surface area contributed by atoms with Crippen LogP contribution in [-0.4, -0.2) is 21.0 Å². The molecule has 7 nitrogen and oxygen atoms in total. The molecule has 3 rings (SSSR count). The Labute approximate surface area is 138 Å². The highest BCUT2D eigenvalue weighted by molar-refractivity contribution is 7.18. The number of nitrogens with one attached hydrogen (secondary N) is 1. The van der Waals surface area contributed by atoms with Crippen LogP contribution in [0.25, 0.3) is 10.6 Å². The summed E-state index contributed by atoms with van der Waals surface area (Å²) in [6.45, 7) is 0. The molecule has 1 amide bonds. The van der Waals surface area contributed by atoms with Gasteiger partial charge in [-0.25, -0.2) is 4.39 Å². The average molecular weight is 344 g/mol. The maximum Gasteiger partial charge on any atom is 0.270 e. The van der Waals surface area contributed by atoms with Crippen LogP contribution in [0.3, 0.4) is 0 Å². The lowest BCUT2D eigenvalue weighted by Gasteiger charge is -2.00. The van der Waals surface area contributed by atoms with Crippen LogP contribution < -0.4 is 5.32 Å². The summed E-state index contributed by atoms with van der Waals surface area (Å²) in [5, 5.41) is 21.8. The highest BCUT2D eigenvalue weighted by Gasteiger charge is 2.14. The fourth-order valence-electron chi connectivity index (χ4n) is 1.91. The van der Waals surface area contributed by atoms with Crippen LogP contribution in [0.5, 0.6) is 0 Å². The fourth-order valence-corrected chi connectivity index (χ4v) is 2.66. The molecule has 1 heterocycles. The van der Waals surface area contributed by atoms with Crippen LogP contribution in [0, 0.1) is 15.9 Å². The Balaban J connectivity index is 1.77. The molecule has 0 bridgehead atoms. The molecule has 0 unspecified atom stereocenters. The molecule has 0 saturated heterocycles. The molecule has 0 aliphatic carbocycles. The van der Waals surface area contributed by atoms with Gasteiger partial charge in [-0.3, -0.25) is 20.2 Å². The summed E-state index contributed by atoms with van der Waals surface area (Å²) in [6, 6.07) is 11.1. The predicted octanol–water partition coefficient (Wildman–Crippen LogP) is 3.50. The summed E-state index contributed by atoms with van der Waals surface area (Å²) in [5.41, 5.74) is 0.638. The first kappa shape index (κ1) is 15.7. The molecule has 1 aromatic heterocycles. The first-order valence-electron chi connectivity index (χ1n) is 6.68. The number of hydrogen-bond donors (Lipinski definition) is 1. The van der Waals surface area contributed by atoms with Gasteiger partial charge in [-0.2, -0.15) is 0 Å². The van der Waals surface area contributed by atoms with E-state index < -0.39 is 10.8 Å². The van der Waals surface area contributed by atoms with Gasteiger partial charge in [-0.15, -0.1) is 10.2 Å². The molecule has 1 N–H and O–H groups in total. The minimum atomic E-state index is -0.575. The number of aromatic nitrogens is 2. The topological polar surface area (TPSA) is 98.0 Å². The first-order valence-corrected chi connectivity index (χ1v) is 7.50. The van der Waals surface area contributed by atoms with Crippen molar-refractivity contribution in [1.82, 2.24) is 10.2 Å². The van der Waals surface area contributed by atoms with Crippen molar-refractivity contribution in [3.8, 4) is 10.6 Å². The molecule has 2 aromatic carbocycles. The Bertz CT molecular complexity index is 911. The number of benzene rings is 2. The van der Waals surface area contributed by atoms with E-state index in [1.807, 2.05) is 0 Å². The highest BCUT2D eigenvalue weighted by atomic mass is 32.1. The Kier molecular flexibility index (Phi) is 4.25. The number of rotatable bonds is 4. The van der Waals surface area contributed by atoms with Crippen molar-refractivity contribution in [1.29, 1.82) is 0 Å². The van der Waals surface area contributed by atoms with Crippen molar-refractivity contribution >= 4 is 28.1 Å². The van der Waals surface area contributed by atoms with E-state index in [0.717, 1.165) is 11.3 Å². The molecule has 120 valence electrons. The SMILES string of the molecule is O=C(Nc1nnc(-c2ccc(F)cc2)s1)c1cccc([N+](=O)[O-])c1. The molecule has 0 fully saturated rings. The minimum absolute atomic E-state index is 0.141. The summed E-state index contributed by atoms with van der Waals surface area (Å²) in [6.07, 6.45) is 0. The van der Waals surface area contributed by atoms with E-state index in [-0.39, 0.29) is 22.2 Å². The number of carbonyl (C=O) groups excluding carboxylic acids is 1. The minimum Gasteiger partial charge on any atom is -0.296 e. The molecular weight excluding hydrogens is 335 g/mol. The molecule has 0 atom stereocenters. The summed E-state index contributed by atoms with van der Waals surface area (Å²) >= 11 is 1.11. The number of amides is 1. The summed E-state index contributed by atoms with van der Waals surface area (Å²) in [4.78, 5) is 22.3. The maximum atomic E-state index is 12.9. The van der Waals surface area contributed by atoms with Gasteiger partial charge < -0.3 is 0 Å². The summed E-state index contributed by atoms with van der Waals surface area (Å²) in [7, 11) is 0. The smallest absolute Gasteiger partial charge is 0.270 e. The van der Waals surface area contributed by atoms with E-state index in [0.29, 0.717) is 10.6 Å². The number of hydrogen-bond acceptors (Lipinski definition) is 6. The van der Waals surface area contributed by atoms with E-state index in [9.17, 15) is 19.3 Å². The van der Waals surface area contributed by atoms with Gasteiger partial charge >= 0.3 is 0 Å². The molecule has 0 radical (unpaired) electrons. The summed E-state index contributed by atoms with van der Waals surface area (Å²) in [5.74, 6) is -0.886. The molecule has 0 spiro atoms. The fraction of sp³-hybridized carbons (Fsp3) is 0. The predicted molar refractivity (Wildman–Crippen MR) is 86.4 cm³/mol. The van der Waals surface area contributed by atoms with Gasteiger partial charge in [-0.05, 0) is 30.3 Å². The third-order valence-electron chi connectivity index (χ3n) is 3.06. The zero-order valence-electron chi connectivity index (χ0n) is 12.0. The molecule has 24 heavy (non-hydrogen) atoms. The van der Waals surface area contributed by atoms with Gasteiger partial charge in [0.15, 0.2) is 0 Å². The van der Waals surface area contributed by atoms with Gasteiger partial charge in [0.05, 0.1) is 4.92 Å². The number of anilines is 1. The van der Waals surface area contributed by atoms with Crippen LogP contribution >= 0.6 is 11.3 Å². The van der Waals surface area contributed by atoms with Crippen molar-refractivity contribution in [2.45, 2.75) is 0 Å². The normalized spacial score (nSPS) is 10.4. The van der Waals surface area contributed by atoms with Crippen LogP contribution in [0.4, 0.5) is 15.2 Å². The van der Waals surface area contributed by atoms with Crippen LogP contribution in [0.1, 0.15) is 10.4 Å². The quantitative estimate of drug-likeness (QED) is 0.577. The zero-order chi connectivity index (χ0) is 17.1. The van der Waals surface area contributed by atoms with Crippen LogP contribution in [0.2, 0.25) is 0 Å². The van der Waals surface area contributed by atoms with E-state index >= 15 is 0 Å². The molecule has 0 aliphatic heterocycles. The third kappa shape index (κ3) is 3.41. The number of nitro benzene ring substituents is 1. The number of carbonyl (C=O) groups is 1. The molecule has 9 heteroatoms. The first-order chi connectivity index (χ1) is 11.5. The van der Waals surface area contributed by atoms with Gasteiger partial charge in [0.1, 0.15) is 10.8 Å². The number of halogens is 1. The van der Waals surface area contributed by atoms with E-state index in [2.05, 4.69) is 15.5 Å². The van der Waals surface area contributed by atoms with Crippen LogP contribution in [-0.2, 0) is 0 Å². The maximum absolute atomic E-state index is 12.9. The van der Waals surface area contributed by atoms with Crippen molar-refractivity contribution in [2.75, 3.05) is 5.32 Å². The van der Waals surface area contributed by atoms with Crippen molar-refractivity contribution in [3.05, 3.63) is 70.0 Å². The lowest BCUT2D eigenvalue weighted by atomic mass is 10.2. The second-order valence-electron chi connectivity index (χ2n) is 4.68. The summed E-state index contributed by atoms with van der Waals surface area (Å²) < 4.78 is 12.9. The number of nitrogens with zero attached hydrogens (tertiary/aromatic N) is 3. The van der Waals surface area contributed by atoms with Crippen molar-refractivity contribution in [2.24, 2.45) is 0 Å². The Morgan fingerprint density at radius 2 is 1.92 bits per heavy atom. The van der Waals surface area contributed by atoms with Gasteiger partial charge in [0, 0.05) is 23.3 Å². The van der Waals surface area contributed by atoms with Crippen molar-refractivity contribution in [3.63, 3.8) is 0 Å². The van der Waals surface area contributed by atoms with Gasteiger partial charge in [-0.1, -0.05) is 17.4 Å². The second-order valence-corrected chi connectivity index (χ2v) is 5.66. The lowest BCUT2D eigenvalue weighted by molar-refractivity contribution is -0.384. The lowest BCUT2D eigenvalue weighted by Crippen LogP contribution is -2.11. The Morgan fingerprint density at radius 3 is 2.62 bits per heavy atom. The third-order valence-corrected chi connectivity index (χ3v) is 3.94. The second kappa shape index (κ2) is 6.50. The van der Waals surface area contributed by atoms with Gasteiger partial charge in [0.25, 0.3) is 11.6 Å². The largest absolute Gasteiger partial charge is 0.296 e. The molecule has 0 aliphatic rings. The van der Waals surface area contributed by atoms with Crippen molar-refractivity contribution < 1.29 is 14.1 Å². The Morgan fingerprint density at radius 1 is 1.17 bits per heavy atom. The van der Waals surface area contributed by atoms with Gasteiger partial charge in [0.2, 0.25) is 5.13 Å². The number of nitro groups is 1. The zero-order valence-corrected chi connectivity index (χ0v) is 12.8. The van der Waals surface area contributed by atoms with E-state index in [4.69, 9.17) is 0 Å². The van der Waals surface area contributed by atoms with E-state index in [1.54, 1.807) is 12.1 Å².